The first kappa shape index (κ1) is 11.2. The summed E-state index contributed by atoms with van der Waals surface area (Å²) in [4.78, 5) is 0.152. The van der Waals surface area contributed by atoms with Crippen molar-refractivity contribution in [1.82, 2.24) is 0 Å². The smallest absolute Gasteiger partial charge is 0.225 e. The first-order chi connectivity index (χ1) is 5.95. The van der Waals surface area contributed by atoms with E-state index in [0.29, 0.717) is 15.4 Å². The molecule has 1 aromatic rings. The zero-order chi connectivity index (χ0) is 10.1. The van der Waals surface area contributed by atoms with Gasteiger partial charge in [0.25, 0.3) is 0 Å². The van der Waals surface area contributed by atoms with Crippen LogP contribution in [-0.4, -0.2) is 8.42 Å². The van der Waals surface area contributed by atoms with Crippen LogP contribution in [0.3, 0.4) is 0 Å². The van der Waals surface area contributed by atoms with Gasteiger partial charge in [0.1, 0.15) is 0 Å². The molecule has 0 amide bonds. The van der Waals surface area contributed by atoms with Crippen LogP contribution < -0.4 is 5.14 Å². The number of nitrogens with two attached hydrogens (primary N) is 1. The lowest BCUT2D eigenvalue weighted by molar-refractivity contribution is 0.597. The standard InChI is InChI=1S/C7H7Br2NO2S/c8-4-5-1-2-6(9)3-7(5)13(10,11)12/h1-3H,4H2,(H2,10,11,12). The van der Waals surface area contributed by atoms with Gasteiger partial charge in [0.15, 0.2) is 0 Å². The molecule has 1 aromatic carbocycles. The van der Waals surface area contributed by atoms with Gasteiger partial charge in [-0.3, -0.25) is 0 Å². The predicted molar refractivity (Wildman–Crippen MR) is 58.1 cm³/mol. The summed E-state index contributed by atoms with van der Waals surface area (Å²) in [7, 11) is -3.63. The van der Waals surface area contributed by atoms with Crippen LogP contribution in [0.5, 0.6) is 0 Å². The quantitative estimate of drug-likeness (QED) is 0.844. The second kappa shape index (κ2) is 4.08. The molecule has 1 rings (SSSR count). The molecule has 0 unspecified atom stereocenters. The maximum atomic E-state index is 11.1. The van der Waals surface area contributed by atoms with Crippen molar-refractivity contribution in [2.45, 2.75) is 10.2 Å². The van der Waals surface area contributed by atoms with Gasteiger partial charge in [0.2, 0.25) is 10.0 Å². The number of rotatable bonds is 2. The Labute approximate surface area is 93.6 Å². The van der Waals surface area contributed by atoms with Crippen molar-refractivity contribution in [3.05, 3.63) is 28.2 Å². The highest BCUT2D eigenvalue weighted by Crippen LogP contribution is 2.21. The minimum atomic E-state index is -3.63. The third-order valence-electron chi connectivity index (χ3n) is 1.48. The Bertz CT molecular complexity index is 417. The van der Waals surface area contributed by atoms with Crippen LogP contribution >= 0.6 is 31.9 Å². The first-order valence-electron chi connectivity index (χ1n) is 3.32. The fourth-order valence-electron chi connectivity index (χ4n) is 0.904. The molecule has 0 saturated heterocycles. The van der Waals surface area contributed by atoms with Crippen LogP contribution in [0.2, 0.25) is 0 Å². The predicted octanol–water partition coefficient (Wildman–Crippen LogP) is 1.99. The van der Waals surface area contributed by atoms with E-state index in [1.807, 2.05) is 0 Å². The van der Waals surface area contributed by atoms with Crippen molar-refractivity contribution >= 4 is 41.9 Å². The molecule has 0 heterocycles. The summed E-state index contributed by atoms with van der Waals surface area (Å²) < 4.78 is 22.9. The van der Waals surface area contributed by atoms with E-state index in [1.165, 1.54) is 6.07 Å². The molecule has 3 nitrogen and oxygen atoms in total. The number of hydrogen-bond acceptors (Lipinski definition) is 2. The maximum absolute atomic E-state index is 11.1. The summed E-state index contributed by atoms with van der Waals surface area (Å²) >= 11 is 6.37. The third-order valence-corrected chi connectivity index (χ3v) is 3.57. The van der Waals surface area contributed by atoms with Crippen LogP contribution in [0.4, 0.5) is 0 Å². The third kappa shape index (κ3) is 2.77. The molecule has 0 fully saturated rings. The Balaban J connectivity index is 3.41. The molecule has 72 valence electrons. The van der Waals surface area contributed by atoms with Gasteiger partial charge in [-0.25, -0.2) is 13.6 Å². The van der Waals surface area contributed by atoms with Gasteiger partial charge >= 0.3 is 0 Å². The van der Waals surface area contributed by atoms with E-state index >= 15 is 0 Å². The van der Waals surface area contributed by atoms with Crippen molar-refractivity contribution in [1.29, 1.82) is 0 Å². The van der Waals surface area contributed by atoms with Crippen LogP contribution in [-0.2, 0) is 15.4 Å². The van der Waals surface area contributed by atoms with Gasteiger partial charge in [-0.2, -0.15) is 0 Å². The normalized spacial score (nSPS) is 11.6. The van der Waals surface area contributed by atoms with E-state index in [2.05, 4.69) is 31.9 Å². The molecule has 0 aromatic heterocycles. The van der Waals surface area contributed by atoms with Crippen LogP contribution in [0.15, 0.2) is 27.6 Å². The molecule has 0 spiro atoms. The second-order valence-corrected chi connectivity index (χ2v) is 5.44. The van der Waals surface area contributed by atoms with Gasteiger partial charge in [-0.1, -0.05) is 37.9 Å². The summed E-state index contributed by atoms with van der Waals surface area (Å²) in [5.74, 6) is 0. The Morgan fingerprint density at radius 2 is 2.00 bits per heavy atom. The molecule has 0 saturated carbocycles. The molecule has 0 radical (unpaired) electrons. The van der Waals surface area contributed by atoms with E-state index in [-0.39, 0.29) is 4.90 Å². The number of halogens is 2. The molecule has 2 N–H and O–H groups in total. The van der Waals surface area contributed by atoms with Gasteiger partial charge in [0.05, 0.1) is 4.90 Å². The highest BCUT2D eigenvalue weighted by atomic mass is 79.9. The molecule has 0 bridgehead atoms. The van der Waals surface area contributed by atoms with Gasteiger partial charge in [-0.15, -0.1) is 0 Å². The summed E-state index contributed by atoms with van der Waals surface area (Å²) in [6.07, 6.45) is 0. The number of alkyl halides is 1. The Hall–Kier alpha value is 0.0900. The average molecular weight is 329 g/mol. The Morgan fingerprint density at radius 3 is 2.46 bits per heavy atom. The molecule has 6 heteroatoms. The Morgan fingerprint density at radius 1 is 1.38 bits per heavy atom. The minimum absolute atomic E-state index is 0.152. The fourth-order valence-corrected chi connectivity index (χ4v) is 2.89. The van der Waals surface area contributed by atoms with E-state index in [9.17, 15) is 8.42 Å². The van der Waals surface area contributed by atoms with Crippen molar-refractivity contribution in [2.75, 3.05) is 0 Å². The summed E-state index contributed by atoms with van der Waals surface area (Å²) in [6, 6.07) is 4.97. The monoisotopic (exact) mass is 327 g/mol. The average Bonchev–Trinajstić information content (AvgIpc) is 2.03. The van der Waals surface area contributed by atoms with E-state index < -0.39 is 10.0 Å². The van der Waals surface area contributed by atoms with Crippen molar-refractivity contribution in [3.63, 3.8) is 0 Å². The fraction of sp³-hybridized carbons (Fsp3) is 0.143. The van der Waals surface area contributed by atoms with E-state index in [0.717, 1.165) is 0 Å². The SMILES string of the molecule is NS(=O)(=O)c1cc(Br)ccc1CBr. The minimum Gasteiger partial charge on any atom is -0.225 e. The second-order valence-electron chi connectivity index (χ2n) is 2.43. The first-order valence-corrected chi connectivity index (χ1v) is 6.78. The lowest BCUT2D eigenvalue weighted by atomic mass is 10.2. The molecular formula is C7H7Br2NO2S. The van der Waals surface area contributed by atoms with Crippen LogP contribution in [0.1, 0.15) is 5.56 Å². The lowest BCUT2D eigenvalue weighted by Crippen LogP contribution is -2.14. The van der Waals surface area contributed by atoms with E-state index in [4.69, 9.17) is 5.14 Å². The van der Waals surface area contributed by atoms with Crippen LogP contribution in [0.25, 0.3) is 0 Å². The van der Waals surface area contributed by atoms with Crippen LogP contribution in [0, 0.1) is 0 Å². The molecule has 0 aliphatic heterocycles. The van der Waals surface area contributed by atoms with Crippen molar-refractivity contribution in [3.8, 4) is 0 Å². The zero-order valence-electron chi connectivity index (χ0n) is 6.50. The van der Waals surface area contributed by atoms with Crippen molar-refractivity contribution < 1.29 is 8.42 Å². The largest absolute Gasteiger partial charge is 0.238 e. The topological polar surface area (TPSA) is 60.2 Å². The highest BCUT2D eigenvalue weighted by molar-refractivity contribution is 9.10. The summed E-state index contributed by atoms with van der Waals surface area (Å²) in [5.41, 5.74) is 0.658. The lowest BCUT2D eigenvalue weighted by Gasteiger charge is -2.04. The Kier molecular flexibility index (Phi) is 3.50. The highest BCUT2D eigenvalue weighted by Gasteiger charge is 2.12. The molecular weight excluding hydrogens is 322 g/mol. The molecule has 13 heavy (non-hydrogen) atoms. The number of benzene rings is 1. The number of hydrogen-bond donors (Lipinski definition) is 1. The van der Waals surface area contributed by atoms with E-state index in [1.54, 1.807) is 12.1 Å². The molecule has 0 aliphatic carbocycles. The maximum Gasteiger partial charge on any atom is 0.238 e. The number of primary sulfonamides is 1. The van der Waals surface area contributed by atoms with Gasteiger partial charge < -0.3 is 0 Å². The summed E-state index contributed by atoms with van der Waals surface area (Å²) in [6.45, 7) is 0. The molecule has 0 aliphatic rings. The summed E-state index contributed by atoms with van der Waals surface area (Å²) in [5, 5.41) is 5.50. The zero-order valence-corrected chi connectivity index (χ0v) is 10.5. The number of sulfonamides is 1. The van der Waals surface area contributed by atoms with Crippen molar-refractivity contribution in [2.24, 2.45) is 5.14 Å². The molecule has 0 atom stereocenters. The van der Waals surface area contributed by atoms with Gasteiger partial charge in [-0.05, 0) is 17.7 Å². The van der Waals surface area contributed by atoms with Gasteiger partial charge in [0, 0.05) is 9.80 Å².